The fourth-order valence-corrected chi connectivity index (χ4v) is 3.21. The van der Waals surface area contributed by atoms with Gasteiger partial charge in [-0.05, 0) is 24.6 Å². The van der Waals surface area contributed by atoms with E-state index in [1.165, 1.54) is 11.0 Å². The number of piperazine rings is 1. The average Bonchev–Trinajstić information content (AvgIpc) is 2.54. The van der Waals surface area contributed by atoms with Gasteiger partial charge >= 0.3 is 5.63 Å². The fraction of sp³-hybridized carbons (Fsp3) is 0.500. The van der Waals surface area contributed by atoms with Gasteiger partial charge in [0.15, 0.2) is 0 Å². The van der Waals surface area contributed by atoms with Crippen LogP contribution in [0.4, 0.5) is 0 Å². The van der Waals surface area contributed by atoms with Crippen LogP contribution in [-0.4, -0.2) is 57.6 Å². The Kier molecular flexibility index (Phi) is 5.18. The maximum atomic E-state index is 11.5. The summed E-state index contributed by atoms with van der Waals surface area (Å²) in [6.45, 7) is 7.29. The van der Waals surface area contributed by atoms with Crippen molar-refractivity contribution < 1.29 is 24.1 Å². The Bertz CT molecular complexity index is 750. The Balaban J connectivity index is 1.58. The number of benzene rings is 1. The minimum atomic E-state index is -0.501. The summed E-state index contributed by atoms with van der Waals surface area (Å²) in [5, 5.41) is 11.1. The van der Waals surface area contributed by atoms with Crippen molar-refractivity contribution in [1.29, 1.82) is 0 Å². The highest BCUT2D eigenvalue weighted by molar-refractivity contribution is 5.81. The van der Waals surface area contributed by atoms with E-state index >= 15 is 0 Å². The molecule has 3 rings (SSSR count). The Labute approximate surface area is 141 Å². The number of hydrogen-bond donors (Lipinski definition) is 3. The van der Waals surface area contributed by atoms with Crippen LogP contribution < -0.4 is 20.2 Å². The number of aryl methyl sites for hydroxylation is 1. The SMILES string of the molecule is Cc1cc(=O)oc2cc(OCC(O)C[NH+]3CC[NH+](C)CC3)ccc12. The largest absolute Gasteiger partial charge is 0.491 e. The lowest BCUT2D eigenvalue weighted by molar-refractivity contribution is -1.00. The van der Waals surface area contributed by atoms with E-state index in [1.54, 1.807) is 11.0 Å². The first kappa shape index (κ1) is 17.0. The van der Waals surface area contributed by atoms with E-state index in [-0.39, 0.29) is 12.2 Å². The molecule has 2 aromatic rings. The Morgan fingerprint density at radius 2 is 2.00 bits per heavy atom. The molecule has 1 aliphatic heterocycles. The topological polar surface area (TPSA) is 68.5 Å². The van der Waals surface area contributed by atoms with E-state index < -0.39 is 6.10 Å². The summed E-state index contributed by atoms with van der Waals surface area (Å²) in [7, 11) is 2.20. The number of hydrogen-bond acceptors (Lipinski definition) is 4. The zero-order valence-electron chi connectivity index (χ0n) is 14.3. The lowest BCUT2D eigenvalue weighted by Gasteiger charge is -2.28. The van der Waals surface area contributed by atoms with Crippen LogP contribution in [0.3, 0.4) is 0 Å². The molecule has 0 aliphatic carbocycles. The summed E-state index contributed by atoms with van der Waals surface area (Å²) in [6.07, 6.45) is -0.501. The van der Waals surface area contributed by atoms with Crippen LogP contribution in [0.25, 0.3) is 11.0 Å². The van der Waals surface area contributed by atoms with Crippen LogP contribution in [0, 0.1) is 6.92 Å². The van der Waals surface area contributed by atoms with Crippen LogP contribution in [0.2, 0.25) is 0 Å². The highest BCUT2D eigenvalue weighted by Gasteiger charge is 2.22. The smallest absolute Gasteiger partial charge is 0.336 e. The molecule has 1 unspecified atom stereocenters. The van der Waals surface area contributed by atoms with E-state index in [0.29, 0.717) is 17.9 Å². The van der Waals surface area contributed by atoms with E-state index in [1.807, 2.05) is 19.1 Å². The molecule has 6 nitrogen and oxygen atoms in total. The molecule has 1 atom stereocenters. The molecule has 1 aliphatic rings. The third-order valence-corrected chi connectivity index (χ3v) is 4.70. The van der Waals surface area contributed by atoms with Crippen molar-refractivity contribution in [2.24, 2.45) is 0 Å². The summed E-state index contributed by atoms with van der Waals surface area (Å²) in [5.74, 6) is 0.605. The lowest BCUT2D eigenvalue weighted by atomic mass is 10.1. The van der Waals surface area contributed by atoms with Crippen LogP contribution in [0.5, 0.6) is 5.75 Å². The van der Waals surface area contributed by atoms with Crippen molar-refractivity contribution in [3.8, 4) is 5.75 Å². The minimum Gasteiger partial charge on any atom is -0.491 e. The molecule has 24 heavy (non-hydrogen) atoms. The summed E-state index contributed by atoms with van der Waals surface area (Å²) in [4.78, 5) is 14.5. The Hall–Kier alpha value is -1.89. The van der Waals surface area contributed by atoms with Gasteiger partial charge < -0.3 is 24.1 Å². The van der Waals surface area contributed by atoms with E-state index in [4.69, 9.17) is 9.15 Å². The highest BCUT2D eigenvalue weighted by Crippen LogP contribution is 2.22. The standard InChI is InChI=1S/C18H24N2O4/c1-13-9-18(22)24-17-10-15(3-4-16(13)17)23-12-14(21)11-20-7-5-19(2)6-8-20/h3-4,9-10,14,21H,5-8,11-12H2,1-2H3/p+2. The van der Waals surface area contributed by atoms with Crippen molar-refractivity contribution in [2.45, 2.75) is 13.0 Å². The molecule has 2 heterocycles. The summed E-state index contributed by atoms with van der Waals surface area (Å²) >= 11 is 0. The van der Waals surface area contributed by atoms with Gasteiger partial charge in [-0.1, -0.05) is 0 Å². The first-order valence-electron chi connectivity index (χ1n) is 8.51. The van der Waals surface area contributed by atoms with Crippen molar-refractivity contribution >= 4 is 11.0 Å². The Morgan fingerprint density at radius 1 is 1.25 bits per heavy atom. The van der Waals surface area contributed by atoms with Crippen molar-refractivity contribution in [2.75, 3.05) is 46.4 Å². The normalized spacial score (nSPS) is 22.5. The van der Waals surface area contributed by atoms with Gasteiger partial charge in [-0.2, -0.15) is 0 Å². The van der Waals surface area contributed by atoms with Gasteiger partial charge in [-0.15, -0.1) is 0 Å². The molecule has 0 spiro atoms. The monoisotopic (exact) mass is 334 g/mol. The van der Waals surface area contributed by atoms with Gasteiger partial charge in [0.2, 0.25) is 0 Å². The molecule has 1 aromatic heterocycles. The van der Waals surface area contributed by atoms with Crippen LogP contribution in [0.15, 0.2) is 33.5 Å². The first-order valence-corrected chi connectivity index (χ1v) is 8.51. The molecule has 0 amide bonds. The number of nitrogens with one attached hydrogen (secondary N) is 2. The van der Waals surface area contributed by atoms with Crippen LogP contribution in [-0.2, 0) is 0 Å². The third kappa shape index (κ3) is 4.14. The number of aliphatic hydroxyl groups is 1. The number of ether oxygens (including phenoxy) is 1. The molecule has 1 saturated heterocycles. The minimum absolute atomic E-state index is 0.244. The van der Waals surface area contributed by atoms with E-state index in [9.17, 15) is 9.90 Å². The lowest BCUT2D eigenvalue weighted by Crippen LogP contribution is -3.27. The van der Waals surface area contributed by atoms with Crippen molar-refractivity contribution in [1.82, 2.24) is 0 Å². The second-order valence-electron chi connectivity index (χ2n) is 6.78. The quantitative estimate of drug-likeness (QED) is 0.568. The van der Waals surface area contributed by atoms with Crippen molar-refractivity contribution in [3.05, 3.63) is 40.2 Å². The van der Waals surface area contributed by atoms with Crippen LogP contribution in [0.1, 0.15) is 5.56 Å². The summed E-state index contributed by atoms with van der Waals surface area (Å²) in [6, 6.07) is 6.91. The zero-order valence-corrected chi connectivity index (χ0v) is 14.3. The second-order valence-corrected chi connectivity index (χ2v) is 6.78. The molecule has 3 N–H and O–H groups in total. The van der Waals surface area contributed by atoms with E-state index in [0.717, 1.165) is 37.1 Å². The second kappa shape index (κ2) is 7.34. The molecular formula is C18H26N2O4+2. The number of likely N-dealkylation sites (N-methyl/N-ethyl adjacent to an activating group) is 1. The number of rotatable bonds is 5. The van der Waals surface area contributed by atoms with Crippen molar-refractivity contribution in [3.63, 3.8) is 0 Å². The average molecular weight is 334 g/mol. The molecule has 6 heteroatoms. The molecule has 0 bridgehead atoms. The van der Waals surface area contributed by atoms with Gasteiger partial charge in [0.1, 0.15) is 56.8 Å². The molecule has 0 radical (unpaired) electrons. The molecule has 0 saturated carbocycles. The molecule has 1 fully saturated rings. The maximum absolute atomic E-state index is 11.5. The van der Waals surface area contributed by atoms with Crippen LogP contribution >= 0.6 is 0 Å². The number of fused-ring (bicyclic) bond motifs is 1. The number of quaternary nitrogens is 2. The Morgan fingerprint density at radius 3 is 2.75 bits per heavy atom. The van der Waals surface area contributed by atoms with Gasteiger partial charge in [0, 0.05) is 17.5 Å². The fourth-order valence-electron chi connectivity index (χ4n) is 3.21. The van der Waals surface area contributed by atoms with Gasteiger partial charge in [-0.25, -0.2) is 4.79 Å². The summed E-state index contributed by atoms with van der Waals surface area (Å²) < 4.78 is 10.9. The molecule has 1 aromatic carbocycles. The third-order valence-electron chi connectivity index (χ3n) is 4.70. The van der Waals surface area contributed by atoms with Gasteiger partial charge in [0.25, 0.3) is 0 Å². The van der Waals surface area contributed by atoms with E-state index in [2.05, 4.69) is 7.05 Å². The highest BCUT2D eigenvalue weighted by atomic mass is 16.5. The van der Waals surface area contributed by atoms with Gasteiger partial charge in [0.05, 0.1) is 7.05 Å². The maximum Gasteiger partial charge on any atom is 0.336 e. The summed E-state index contributed by atoms with van der Waals surface area (Å²) in [5.41, 5.74) is 1.03. The van der Waals surface area contributed by atoms with Gasteiger partial charge in [-0.3, -0.25) is 0 Å². The predicted molar refractivity (Wildman–Crippen MR) is 90.9 cm³/mol. The number of aliphatic hydroxyl groups excluding tert-OH is 1. The molecule has 130 valence electrons. The molecular weight excluding hydrogens is 308 g/mol. The zero-order chi connectivity index (χ0) is 17.1. The predicted octanol–water partition coefficient (Wildman–Crippen LogP) is -1.75. The first-order chi connectivity index (χ1) is 11.5.